The normalized spacial score (nSPS) is 19.9. The van der Waals surface area contributed by atoms with Crippen molar-refractivity contribution in [2.45, 2.75) is 164 Å². The molecule has 1 saturated heterocycles. The van der Waals surface area contributed by atoms with Crippen molar-refractivity contribution in [3.8, 4) is 11.5 Å². The predicted octanol–water partition coefficient (Wildman–Crippen LogP) is 9.99. The lowest BCUT2D eigenvalue weighted by Gasteiger charge is -2.34. The van der Waals surface area contributed by atoms with Gasteiger partial charge in [-0.15, -0.1) is 0 Å². The number of rotatable bonds is 20. The molecule has 5 atom stereocenters. The maximum absolute atomic E-state index is 14.9. The summed E-state index contributed by atoms with van der Waals surface area (Å²) in [5.74, 6) is -1.40. The van der Waals surface area contributed by atoms with Gasteiger partial charge in [0, 0.05) is 79.5 Å². The second-order valence-electron chi connectivity index (χ2n) is 24.2. The molecule has 0 radical (unpaired) electrons. The Labute approximate surface area is 463 Å². The van der Waals surface area contributed by atoms with Gasteiger partial charge < -0.3 is 48.5 Å². The number of benzene rings is 2. The SMILES string of the molecule is CC1=C(C)C(=O)C(C(C)(C)CC(=O)N(CCCN(CC[C@H](NC(=O)OC(C)(C)C)C(=O)O)C[C@H]2C[C@@H](n3ccc4c(N(C)C(=O)OC(C)(C)C)ncnc43)[C@@H]3OC(C)(C)O[C@H]23)Cc2cccc(Oc3ccccc3)c2)=C(C)C1=O. The molecule has 2 aromatic carbocycles. The van der Waals surface area contributed by atoms with Crippen LogP contribution in [-0.4, -0.2) is 134 Å². The lowest BCUT2D eigenvalue weighted by Crippen LogP contribution is -2.46. The minimum absolute atomic E-state index is 0.0222. The summed E-state index contributed by atoms with van der Waals surface area (Å²) in [7, 11) is 1.61. The Morgan fingerprint density at radius 1 is 0.823 bits per heavy atom. The number of nitrogens with one attached hydrogen (secondary N) is 1. The number of hydrogen-bond acceptors (Lipinski definition) is 14. The third kappa shape index (κ3) is 14.6. The van der Waals surface area contributed by atoms with E-state index in [9.17, 15) is 33.9 Å². The van der Waals surface area contributed by atoms with Crippen LogP contribution >= 0.6 is 0 Å². The quantitative estimate of drug-likeness (QED) is 0.0786. The first-order valence-corrected chi connectivity index (χ1v) is 27.1. The van der Waals surface area contributed by atoms with E-state index in [1.54, 1.807) is 74.3 Å². The number of carboxylic acid groups (broad SMARTS) is 1. The molecule has 0 spiro atoms. The molecule has 0 unspecified atom stereocenters. The monoisotopic (exact) mass is 1090 g/mol. The number of carboxylic acids is 1. The summed E-state index contributed by atoms with van der Waals surface area (Å²) < 4.78 is 32.7. The van der Waals surface area contributed by atoms with Gasteiger partial charge in [-0.25, -0.2) is 24.4 Å². The molecule has 2 fully saturated rings. The molecule has 1 aliphatic heterocycles. The van der Waals surface area contributed by atoms with Crippen LogP contribution in [0.4, 0.5) is 15.4 Å². The highest BCUT2D eigenvalue weighted by Gasteiger charge is 2.55. The highest BCUT2D eigenvalue weighted by Crippen LogP contribution is 2.48. The summed E-state index contributed by atoms with van der Waals surface area (Å²) in [4.78, 5) is 95.5. The molecule has 2 N–H and O–H groups in total. The van der Waals surface area contributed by atoms with Crippen molar-refractivity contribution in [3.63, 3.8) is 0 Å². The van der Waals surface area contributed by atoms with E-state index in [0.717, 1.165) is 5.56 Å². The van der Waals surface area contributed by atoms with Gasteiger partial charge in [0.15, 0.2) is 23.2 Å². The molecular formula is C60H79N7O12. The number of alkyl carbamates (subject to hydrolysis) is 1. The second kappa shape index (κ2) is 23.8. The van der Waals surface area contributed by atoms with Gasteiger partial charge in [-0.1, -0.05) is 44.2 Å². The third-order valence-corrected chi connectivity index (χ3v) is 14.6. The fraction of sp³-hybridized carbons (Fsp3) is 0.533. The van der Waals surface area contributed by atoms with Gasteiger partial charge in [0.2, 0.25) is 5.91 Å². The fourth-order valence-corrected chi connectivity index (χ4v) is 10.9. The van der Waals surface area contributed by atoms with Crippen LogP contribution in [0.3, 0.4) is 0 Å². The van der Waals surface area contributed by atoms with Crippen molar-refractivity contribution in [1.29, 1.82) is 0 Å². The van der Waals surface area contributed by atoms with E-state index in [2.05, 4.69) is 15.2 Å². The minimum atomic E-state index is -1.29. The average molecular weight is 1090 g/mol. The van der Waals surface area contributed by atoms with Crippen molar-refractivity contribution in [1.82, 2.24) is 29.7 Å². The number of carbonyl (C=O) groups excluding carboxylic acids is 5. The van der Waals surface area contributed by atoms with Gasteiger partial charge >= 0.3 is 18.2 Å². The molecule has 1 saturated carbocycles. The summed E-state index contributed by atoms with van der Waals surface area (Å²) in [5, 5.41) is 13.6. The molecule has 4 aromatic rings. The standard InChI is InChI=1S/C60H79N7O12/c1-36-37(2)49(70)47(38(3)48(36)69)59(10,11)32-46(68)66(33-39-20-18-23-42(30-39)75-41-21-16-15-17-22-41)27-19-26-65(28-25-44(54(71)72)63-55(73)78-57(4,5)6)34-40-31-45(51-50(40)76-60(12,13)77-51)67-29-24-43-52(61-35-62-53(43)67)64(14)56(74)79-58(7,8)9/h15-18,20-24,29-30,35,40,44-45,50-51H,19,25-28,31-34H2,1-14H3,(H,63,73)(H,71,72)/t40-,44+,45-,50-,51+/m1/s1. The zero-order valence-corrected chi connectivity index (χ0v) is 48.3. The van der Waals surface area contributed by atoms with Gasteiger partial charge in [0.05, 0.1) is 17.5 Å². The van der Waals surface area contributed by atoms with Crippen molar-refractivity contribution in [2.24, 2.45) is 11.3 Å². The molecule has 19 heteroatoms. The number of nitrogens with zero attached hydrogens (tertiary/aromatic N) is 6. The number of ketones is 2. The van der Waals surface area contributed by atoms with Gasteiger partial charge in [-0.3, -0.25) is 19.3 Å². The molecule has 79 heavy (non-hydrogen) atoms. The number of aliphatic carboxylic acids is 1. The Morgan fingerprint density at radius 2 is 1.48 bits per heavy atom. The maximum atomic E-state index is 14.9. The van der Waals surface area contributed by atoms with Gasteiger partial charge in [0.1, 0.15) is 46.8 Å². The van der Waals surface area contributed by atoms with Gasteiger partial charge in [0.25, 0.3) is 0 Å². The summed E-state index contributed by atoms with van der Waals surface area (Å²) in [6.45, 7) is 24.3. The Bertz CT molecular complexity index is 3000. The first-order valence-electron chi connectivity index (χ1n) is 27.1. The number of fused-ring (bicyclic) bond motifs is 2. The van der Waals surface area contributed by atoms with Crippen LogP contribution < -0.4 is 15.0 Å². The minimum Gasteiger partial charge on any atom is -0.480 e. The van der Waals surface area contributed by atoms with Crippen molar-refractivity contribution in [2.75, 3.05) is 38.1 Å². The molecule has 426 valence electrons. The Kier molecular flexibility index (Phi) is 18.0. The zero-order valence-electron chi connectivity index (χ0n) is 48.3. The molecule has 0 bridgehead atoms. The van der Waals surface area contributed by atoms with Crippen molar-refractivity contribution >= 4 is 52.5 Å². The fourth-order valence-electron chi connectivity index (χ4n) is 10.9. The highest BCUT2D eigenvalue weighted by atomic mass is 16.8. The molecule has 2 aliphatic carbocycles. The van der Waals surface area contributed by atoms with Crippen LogP contribution in [0.25, 0.3) is 11.0 Å². The van der Waals surface area contributed by atoms with Gasteiger partial charge in [-0.2, -0.15) is 0 Å². The summed E-state index contributed by atoms with van der Waals surface area (Å²) in [5.41, 5.74) is 0.235. The van der Waals surface area contributed by atoms with Crippen LogP contribution in [0.1, 0.15) is 127 Å². The van der Waals surface area contributed by atoms with Crippen LogP contribution in [0.5, 0.6) is 11.5 Å². The van der Waals surface area contributed by atoms with Crippen molar-refractivity contribution < 1.29 is 57.6 Å². The number of aromatic nitrogens is 3. The Hall–Kier alpha value is -6.96. The third-order valence-electron chi connectivity index (χ3n) is 14.6. The number of amides is 3. The molecule has 19 nitrogen and oxygen atoms in total. The van der Waals surface area contributed by atoms with Gasteiger partial charge in [-0.05, 0) is 138 Å². The number of allylic oxidation sites excluding steroid dienone is 4. The average Bonchev–Trinajstić information content (AvgIpc) is 4.20. The molecule has 7 rings (SSSR count). The lowest BCUT2D eigenvalue weighted by molar-refractivity contribution is -0.161. The molecule has 3 aliphatic rings. The van der Waals surface area contributed by atoms with Crippen molar-refractivity contribution in [3.05, 3.63) is 101 Å². The summed E-state index contributed by atoms with van der Waals surface area (Å²) in [6.07, 6.45) is 2.05. The van der Waals surface area contributed by atoms with E-state index in [-0.39, 0.29) is 61.9 Å². The first-order chi connectivity index (χ1) is 36.9. The van der Waals surface area contributed by atoms with Crippen LogP contribution in [0, 0.1) is 11.3 Å². The lowest BCUT2D eigenvalue weighted by atomic mass is 9.71. The number of carbonyl (C=O) groups is 6. The maximum Gasteiger partial charge on any atom is 0.415 e. The number of ether oxygens (including phenoxy) is 5. The Morgan fingerprint density at radius 3 is 2.15 bits per heavy atom. The number of Topliss-reactive ketones (excluding diaryl/α,β-unsaturated/α-hetero) is 2. The van der Waals surface area contributed by atoms with Crippen LogP contribution in [0.2, 0.25) is 0 Å². The molecule has 3 amide bonds. The summed E-state index contributed by atoms with van der Waals surface area (Å²) in [6, 6.07) is 17.2. The van der Waals surface area contributed by atoms with E-state index < -0.39 is 58.8 Å². The van der Waals surface area contributed by atoms with Crippen LogP contribution in [0.15, 0.2) is 95.5 Å². The zero-order chi connectivity index (χ0) is 57.9. The second-order valence-corrected chi connectivity index (χ2v) is 24.2. The molecule has 3 heterocycles. The first kappa shape index (κ1) is 59.7. The molecule has 2 aromatic heterocycles. The van der Waals surface area contributed by atoms with E-state index in [4.69, 9.17) is 28.7 Å². The number of hydrogen-bond donors (Lipinski definition) is 2. The smallest absolute Gasteiger partial charge is 0.415 e. The number of para-hydroxylation sites is 1. The van der Waals surface area contributed by atoms with Crippen LogP contribution in [-0.2, 0) is 44.7 Å². The van der Waals surface area contributed by atoms with E-state index in [1.165, 1.54) is 11.2 Å². The topological polar surface area (TPSA) is 221 Å². The predicted molar refractivity (Wildman–Crippen MR) is 297 cm³/mol. The summed E-state index contributed by atoms with van der Waals surface area (Å²) >= 11 is 0. The molecular weight excluding hydrogens is 1010 g/mol. The van der Waals surface area contributed by atoms with E-state index in [0.29, 0.717) is 76.6 Å². The van der Waals surface area contributed by atoms with E-state index >= 15 is 0 Å². The largest absolute Gasteiger partial charge is 0.480 e. The highest BCUT2D eigenvalue weighted by molar-refractivity contribution is 6.25. The number of anilines is 1. The van der Waals surface area contributed by atoms with E-state index in [1.807, 2.05) is 99.1 Å². The Balaban J connectivity index is 1.18.